The molecule has 1 N–H and O–H groups in total. The molecule has 47 heavy (non-hydrogen) atoms. The largest absolute Gasteiger partial charge is 0.352 e. The molecule has 0 spiro atoms. The lowest BCUT2D eigenvalue weighted by atomic mass is 9.94. The van der Waals surface area contributed by atoms with Gasteiger partial charge in [0.25, 0.3) is 10.0 Å². The van der Waals surface area contributed by atoms with Crippen LogP contribution in [-0.2, 0) is 39.0 Å². The first-order valence-electron chi connectivity index (χ1n) is 16.6. The fourth-order valence-electron chi connectivity index (χ4n) is 6.39. The maximum Gasteiger partial charge on any atom is 0.264 e. The second-order valence-corrected chi connectivity index (χ2v) is 14.2. The van der Waals surface area contributed by atoms with Crippen molar-refractivity contribution in [2.24, 2.45) is 0 Å². The maximum atomic E-state index is 14.8. The van der Waals surface area contributed by atoms with Crippen molar-refractivity contribution in [2.75, 3.05) is 10.8 Å². The molecule has 5 rings (SSSR count). The van der Waals surface area contributed by atoms with E-state index < -0.39 is 28.5 Å². The van der Waals surface area contributed by atoms with Gasteiger partial charge in [0.15, 0.2) is 0 Å². The third-order valence-electron chi connectivity index (χ3n) is 8.91. The molecule has 1 aliphatic rings. The zero-order chi connectivity index (χ0) is 33.2. The van der Waals surface area contributed by atoms with Gasteiger partial charge in [0.1, 0.15) is 12.6 Å². The van der Waals surface area contributed by atoms with Crippen LogP contribution >= 0.6 is 0 Å². The Balaban J connectivity index is 1.58. The van der Waals surface area contributed by atoms with Crippen molar-refractivity contribution in [3.8, 4) is 0 Å². The number of amides is 2. The van der Waals surface area contributed by atoms with Gasteiger partial charge in [0, 0.05) is 19.0 Å². The number of para-hydroxylation sites is 1. The number of nitrogens with one attached hydrogen (secondary N) is 1. The first-order valence-corrected chi connectivity index (χ1v) is 18.0. The number of sulfonamides is 1. The lowest BCUT2D eigenvalue weighted by Gasteiger charge is -2.35. The fourth-order valence-corrected chi connectivity index (χ4v) is 7.86. The summed E-state index contributed by atoms with van der Waals surface area (Å²) < 4.78 is 29.8. The highest BCUT2D eigenvalue weighted by Gasteiger charge is 2.36. The average Bonchev–Trinajstić information content (AvgIpc) is 3.10. The normalized spacial score (nSPS) is 14.3. The van der Waals surface area contributed by atoms with Gasteiger partial charge in [-0.1, -0.05) is 123 Å². The van der Waals surface area contributed by atoms with Gasteiger partial charge in [-0.3, -0.25) is 13.9 Å². The van der Waals surface area contributed by atoms with Gasteiger partial charge in [-0.05, 0) is 61.1 Å². The number of anilines is 1. The van der Waals surface area contributed by atoms with Gasteiger partial charge >= 0.3 is 0 Å². The molecule has 1 fully saturated rings. The molecule has 0 bridgehead atoms. The van der Waals surface area contributed by atoms with E-state index in [1.54, 1.807) is 47.4 Å². The van der Waals surface area contributed by atoms with Crippen LogP contribution in [0.1, 0.15) is 61.3 Å². The topological polar surface area (TPSA) is 86.8 Å². The lowest BCUT2D eigenvalue weighted by Crippen LogP contribution is -2.55. The fraction of sp³-hybridized carbons (Fsp3) is 0.333. The number of carbonyl (C=O) groups excluding carboxylic acids is 2. The van der Waals surface area contributed by atoms with Gasteiger partial charge in [0.05, 0.1) is 10.6 Å². The molecule has 7 nitrogen and oxygen atoms in total. The van der Waals surface area contributed by atoms with E-state index in [1.807, 2.05) is 80.6 Å². The van der Waals surface area contributed by atoms with Crippen LogP contribution in [0.5, 0.6) is 0 Å². The van der Waals surface area contributed by atoms with Crippen molar-refractivity contribution in [3.63, 3.8) is 0 Å². The van der Waals surface area contributed by atoms with Gasteiger partial charge in [-0.25, -0.2) is 8.42 Å². The molecule has 1 aliphatic carbocycles. The molecule has 4 aromatic carbocycles. The van der Waals surface area contributed by atoms with Crippen molar-refractivity contribution in [3.05, 3.63) is 131 Å². The average molecular weight is 652 g/mol. The van der Waals surface area contributed by atoms with Gasteiger partial charge in [-0.15, -0.1) is 0 Å². The second kappa shape index (κ2) is 15.9. The summed E-state index contributed by atoms with van der Waals surface area (Å²) in [5, 5.41) is 3.27. The van der Waals surface area contributed by atoms with Crippen LogP contribution in [0.2, 0.25) is 0 Å². The molecule has 1 atom stereocenters. The zero-order valence-corrected chi connectivity index (χ0v) is 28.2. The number of aryl methyl sites for hydroxylation is 2. The van der Waals surface area contributed by atoms with Crippen molar-refractivity contribution in [1.29, 1.82) is 0 Å². The summed E-state index contributed by atoms with van der Waals surface area (Å²) in [6.07, 6.45) is 5.97. The Labute approximate surface area is 279 Å². The second-order valence-electron chi connectivity index (χ2n) is 12.4. The Kier molecular flexibility index (Phi) is 11.5. The third kappa shape index (κ3) is 8.69. The molecule has 0 saturated heterocycles. The van der Waals surface area contributed by atoms with Crippen LogP contribution in [0.25, 0.3) is 0 Å². The van der Waals surface area contributed by atoms with E-state index in [0.29, 0.717) is 18.5 Å². The number of rotatable bonds is 13. The standard InChI is InChI=1S/C39H45N3O4S/c1-3-33-20-13-14-25-36(33)42(47(45,46)35-23-11-6-12-24-35)29-38(43)41(28-32-19-15-16-30(2)26-32)37(27-31-17-7-4-8-18-31)39(44)40-34-21-9-5-10-22-34/h4,6-8,11-20,23-26,34,37H,3,5,9-10,21-22,27-29H2,1-2H3,(H,40,44)/t37-/m0/s1. The molecule has 4 aromatic rings. The number of nitrogens with zero attached hydrogens (tertiary/aromatic N) is 2. The molecule has 246 valence electrons. The Morgan fingerprint density at radius 3 is 2.13 bits per heavy atom. The minimum absolute atomic E-state index is 0.0526. The summed E-state index contributed by atoms with van der Waals surface area (Å²) in [7, 11) is -4.14. The highest BCUT2D eigenvalue weighted by Crippen LogP contribution is 2.29. The van der Waals surface area contributed by atoms with E-state index in [0.717, 1.165) is 54.4 Å². The van der Waals surface area contributed by atoms with E-state index in [9.17, 15) is 18.0 Å². The summed E-state index contributed by atoms with van der Waals surface area (Å²) in [5.41, 5.74) is 4.08. The van der Waals surface area contributed by atoms with Gasteiger partial charge in [-0.2, -0.15) is 0 Å². The van der Waals surface area contributed by atoms with Crippen molar-refractivity contribution < 1.29 is 18.0 Å². The molecule has 2 amide bonds. The quantitative estimate of drug-likeness (QED) is 0.172. The smallest absolute Gasteiger partial charge is 0.264 e. The van der Waals surface area contributed by atoms with Crippen molar-refractivity contribution >= 4 is 27.5 Å². The van der Waals surface area contributed by atoms with E-state index >= 15 is 0 Å². The van der Waals surface area contributed by atoms with Crippen LogP contribution in [-0.4, -0.2) is 43.8 Å². The minimum atomic E-state index is -4.14. The molecule has 0 heterocycles. The summed E-state index contributed by atoms with van der Waals surface area (Å²) in [6.45, 7) is 3.65. The predicted octanol–water partition coefficient (Wildman–Crippen LogP) is 6.84. The third-order valence-corrected chi connectivity index (χ3v) is 10.7. The van der Waals surface area contributed by atoms with Gasteiger partial charge < -0.3 is 10.2 Å². The summed E-state index contributed by atoms with van der Waals surface area (Å²) in [6, 6.07) is 32.2. The van der Waals surface area contributed by atoms with Crippen molar-refractivity contribution in [2.45, 2.75) is 82.3 Å². The van der Waals surface area contributed by atoms with Gasteiger partial charge in [0.2, 0.25) is 11.8 Å². The number of hydrogen-bond acceptors (Lipinski definition) is 4. The first-order chi connectivity index (χ1) is 22.8. The van der Waals surface area contributed by atoms with Crippen LogP contribution in [0, 0.1) is 6.92 Å². The molecule has 1 saturated carbocycles. The van der Waals surface area contributed by atoms with Crippen LogP contribution < -0.4 is 9.62 Å². The Morgan fingerprint density at radius 1 is 0.809 bits per heavy atom. The highest BCUT2D eigenvalue weighted by molar-refractivity contribution is 7.92. The zero-order valence-electron chi connectivity index (χ0n) is 27.3. The van der Waals surface area contributed by atoms with E-state index in [4.69, 9.17) is 0 Å². The van der Waals surface area contributed by atoms with E-state index in [1.165, 1.54) is 4.31 Å². The summed E-state index contributed by atoms with van der Waals surface area (Å²) in [5.74, 6) is -0.662. The maximum absolute atomic E-state index is 14.8. The predicted molar refractivity (Wildman–Crippen MR) is 187 cm³/mol. The number of carbonyl (C=O) groups is 2. The van der Waals surface area contributed by atoms with Crippen LogP contribution in [0.3, 0.4) is 0 Å². The summed E-state index contributed by atoms with van der Waals surface area (Å²) >= 11 is 0. The minimum Gasteiger partial charge on any atom is -0.352 e. The molecule has 0 unspecified atom stereocenters. The van der Waals surface area contributed by atoms with Crippen LogP contribution in [0.15, 0.2) is 114 Å². The number of benzene rings is 4. The summed E-state index contributed by atoms with van der Waals surface area (Å²) in [4.78, 5) is 30.7. The molecular formula is C39H45N3O4S. The van der Waals surface area contributed by atoms with Crippen molar-refractivity contribution in [1.82, 2.24) is 10.2 Å². The molecule has 8 heteroatoms. The Bertz CT molecular complexity index is 1740. The monoisotopic (exact) mass is 651 g/mol. The van der Waals surface area contributed by atoms with Crippen LogP contribution in [0.4, 0.5) is 5.69 Å². The first kappa shape index (κ1) is 33.9. The van der Waals surface area contributed by atoms with E-state index in [2.05, 4.69) is 5.32 Å². The lowest BCUT2D eigenvalue weighted by molar-refractivity contribution is -0.140. The Hall–Kier alpha value is -4.43. The molecule has 0 aliphatic heterocycles. The number of hydrogen-bond donors (Lipinski definition) is 1. The Morgan fingerprint density at radius 2 is 1.45 bits per heavy atom. The molecule has 0 aromatic heterocycles. The van der Waals surface area contributed by atoms with E-state index in [-0.39, 0.29) is 23.4 Å². The molecule has 0 radical (unpaired) electrons. The molecular weight excluding hydrogens is 607 g/mol. The highest BCUT2D eigenvalue weighted by atomic mass is 32.2. The SMILES string of the molecule is CCc1ccccc1N(CC(=O)N(Cc1cccc(C)c1)[C@@H](Cc1ccccc1)C(=O)NC1CCCCC1)S(=O)(=O)c1ccccc1.